The van der Waals surface area contributed by atoms with Crippen molar-refractivity contribution in [1.29, 1.82) is 0 Å². The van der Waals surface area contributed by atoms with Crippen LogP contribution in [0.1, 0.15) is 18.0 Å². The fraction of sp³-hybridized carbons (Fsp3) is 0.286. The average Bonchev–Trinajstić information content (AvgIpc) is 2.83. The molecule has 23 heavy (non-hydrogen) atoms. The Morgan fingerprint density at radius 3 is 2.57 bits per heavy atom. The monoisotopic (exact) mass is 328 g/mol. The molecule has 0 radical (unpaired) electrons. The summed E-state index contributed by atoms with van der Waals surface area (Å²) in [4.78, 5) is 9.26. The Kier molecular flexibility index (Phi) is 4.71. The second-order valence-electron chi connectivity index (χ2n) is 5.14. The molecule has 1 aliphatic heterocycles. The summed E-state index contributed by atoms with van der Waals surface area (Å²) in [6.07, 6.45) is 2.13. The molecule has 0 bridgehead atoms. The van der Waals surface area contributed by atoms with E-state index in [-0.39, 0.29) is 17.1 Å². The fourth-order valence-electron chi connectivity index (χ4n) is 2.57. The quantitative estimate of drug-likeness (QED) is 0.843. The lowest BCUT2D eigenvalue weighted by atomic mass is 10.0. The number of aromatic nitrogens is 2. The van der Waals surface area contributed by atoms with Crippen molar-refractivity contribution >= 4 is 11.6 Å². The predicted octanol–water partition coefficient (Wildman–Crippen LogP) is 2.18. The fourth-order valence-corrected chi connectivity index (χ4v) is 2.57. The van der Waals surface area contributed by atoms with Crippen molar-refractivity contribution in [3.05, 3.63) is 48.0 Å². The summed E-state index contributed by atoms with van der Waals surface area (Å²) in [5.74, 6) is -3.28. The van der Waals surface area contributed by atoms with Crippen LogP contribution in [0.15, 0.2) is 36.7 Å². The van der Waals surface area contributed by atoms with E-state index in [1.165, 1.54) is 35.5 Å². The van der Waals surface area contributed by atoms with E-state index in [2.05, 4.69) is 9.97 Å². The molecule has 0 saturated carbocycles. The van der Waals surface area contributed by atoms with E-state index in [4.69, 9.17) is 5.21 Å². The first kappa shape index (κ1) is 17.0. The van der Waals surface area contributed by atoms with Gasteiger partial charge >= 0.3 is 0 Å². The molecule has 1 fully saturated rings. The Labute approximate surface area is 129 Å². The highest BCUT2D eigenvalue weighted by atomic mass is 19.3. The van der Waals surface area contributed by atoms with Gasteiger partial charge in [-0.1, -0.05) is 12.1 Å². The molecule has 4 N–H and O–H groups in total. The van der Waals surface area contributed by atoms with Crippen LogP contribution in [-0.4, -0.2) is 33.1 Å². The van der Waals surface area contributed by atoms with E-state index < -0.39 is 30.7 Å². The van der Waals surface area contributed by atoms with Gasteiger partial charge in [-0.05, 0) is 17.7 Å². The molecular weight excluding hydrogens is 313 g/mol. The van der Waals surface area contributed by atoms with Gasteiger partial charge in [0.25, 0.3) is 5.92 Å². The van der Waals surface area contributed by atoms with E-state index in [1.54, 1.807) is 6.07 Å². The highest BCUT2D eigenvalue weighted by Crippen LogP contribution is 2.42. The molecule has 1 saturated heterocycles. The SMILES string of the molecule is O.ONc1cnc(N2CC(F)(F)CC2c2cccc(F)c2)nc1. The lowest BCUT2D eigenvalue weighted by Gasteiger charge is -2.24. The smallest absolute Gasteiger partial charge is 0.267 e. The van der Waals surface area contributed by atoms with Gasteiger partial charge < -0.3 is 10.4 Å². The summed E-state index contributed by atoms with van der Waals surface area (Å²) in [6.45, 7) is -0.542. The number of nitrogens with zero attached hydrogens (tertiary/aromatic N) is 3. The Morgan fingerprint density at radius 2 is 1.96 bits per heavy atom. The minimum atomic E-state index is -2.91. The van der Waals surface area contributed by atoms with Crippen molar-refractivity contribution in [1.82, 2.24) is 9.97 Å². The average molecular weight is 328 g/mol. The Morgan fingerprint density at radius 1 is 1.26 bits per heavy atom. The predicted molar refractivity (Wildman–Crippen MR) is 77.1 cm³/mol. The number of alkyl halides is 2. The maximum absolute atomic E-state index is 13.8. The first-order valence-corrected chi connectivity index (χ1v) is 6.60. The number of rotatable bonds is 3. The van der Waals surface area contributed by atoms with E-state index >= 15 is 0 Å². The minimum Gasteiger partial charge on any atom is -0.412 e. The zero-order valence-electron chi connectivity index (χ0n) is 11.9. The molecule has 1 aromatic heterocycles. The number of nitrogens with one attached hydrogen (secondary N) is 1. The lowest BCUT2D eigenvalue weighted by Crippen LogP contribution is -2.28. The van der Waals surface area contributed by atoms with E-state index in [0.29, 0.717) is 5.56 Å². The van der Waals surface area contributed by atoms with Crippen LogP contribution in [0.3, 0.4) is 0 Å². The summed E-state index contributed by atoms with van der Waals surface area (Å²) < 4.78 is 41.0. The van der Waals surface area contributed by atoms with Crippen LogP contribution in [0.4, 0.5) is 24.8 Å². The third kappa shape index (κ3) is 3.51. The van der Waals surface area contributed by atoms with Crippen LogP contribution in [0, 0.1) is 5.82 Å². The third-order valence-electron chi connectivity index (χ3n) is 3.53. The van der Waals surface area contributed by atoms with Gasteiger partial charge in [0.1, 0.15) is 5.82 Å². The van der Waals surface area contributed by atoms with Gasteiger partial charge in [0.05, 0.1) is 30.7 Å². The summed E-state index contributed by atoms with van der Waals surface area (Å²) in [5.41, 5.74) is 2.57. The van der Waals surface area contributed by atoms with Crippen LogP contribution < -0.4 is 10.4 Å². The zero-order chi connectivity index (χ0) is 15.7. The van der Waals surface area contributed by atoms with Crippen molar-refractivity contribution < 1.29 is 23.9 Å². The summed E-state index contributed by atoms with van der Waals surface area (Å²) >= 11 is 0. The molecule has 1 unspecified atom stereocenters. The van der Waals surface area contributed by atoms with Gasteiger partial charge in [0.2, 0.25) is 5.95 Å². The van der Waals surface area contributed by atoms with E-state index in [1.807, 2.05) is 5.48 Å². The minimum absolute atomic E-state index is 0. The summed E-state index contributed by atoms with van der Waals surface area (Å²) in [7, 11) is 0. The molecule has 2 heterocycles. The molecule has 0 amide bonds. The second kappa shape index (κ2) is 6.39. The van der Waals surface area contributed by atoms with Gasteiger partial charge in [-0.15, -0.1) is 0 Å². The van der Waals surface area contributed by atoms with Crippen LogP contribution >= 0.6 is 0 Å². The van der Waals surface area contributed by atoms with Gasteiger partial charge in [-0.2, -0.15) is 0 Å². The zero-order valence-corrected chi connectivity index (χ0v) is 11.9. The molecule has 1 atom stereocenters. The largest absolute Gasteiger partial charge is 0.412 e. The van der Waals surface area contributed by atoms with Gasteiger partial charge in [0, 0.05) is 6.42 Å². The molecule has 6 nitrogen and oxygen atoms in total. The molecule has 1 aliphatic rings. The molecule has 124 valence electrons. The number of hydrogen-bond acceptors (Lipinski definition) is 5. The van der Waals surface area contributed by atoms with Crippen LogP contribution in [0.25, 0.3) is 0 Å². The molecule has 3 rings (SSSR count). The number of benzene rings is 1. The number of halogens is 3. The van der Waals surface area contributed by atoms with Gasteiger partial charge in [-0.3, -0.25) is 10.7 Å². The lowest BCUT2D eigenvalue weighted by molar-refractivity contribution is 0.0222. The van der Waals surface area contributed by atoms with Crippen molar-refractivity contribution in [2.24, 2.45) is 0 Å². The van der Waals surface area contributed by atoms with Gasteiger partial charge in [-0.25, -0.2) is 23.1 Å². The van der Waals surface area contributed by atoms with Crippen molar-refractivity contribution in [2.75, 3.05) is 16.9 Å². The molecule has 0 spiro atoms. The first-order chi connectivity index (χ1) is 10.5. The third-order valence-corrected chi connectivity index (χ3v) is 3.53. The molecule has 9 heteroatoms. The standard InChI is InChI=1S/C14H13F3N4O.H2O/c15-10-3-1-2-9(4-10)12-5-14(16,17)8-21(12)13-18-6-11(20-22)7-19-13;/h1-4,6-7,12,20,22H,5,8H2;1H2. The maximum Gasteiger partial charge on any atom is 0.267 e. The normalized spacial score (nSPS) is 19.3. The van der Waals surface area contributed by atoms with Crippen LogP contribution in [-0.2, 0) is 0 Å². The van der Waals surface area contributed by atoms with Crippen LogP contribution in [0.5, 0.6) is 0 Å². The molecule has 2 aromatic rings. The number of hydrogen-bond donors (Lipinski definition) is 2. The molecule has 1 aromatic carbocycles. The topological polar surface area (TPSA) is 92.8 Å². The summed E-state index contributed by atoms with van der Waals surface area (Å²) in [6, 6.07) is 4.88. The van der Waals surface area contributed by atoms with Crippen LogP contribution in [0.2, 0.25) is 0 Å². The number of anilines is 2. The highest BCUT2D eigenvalue weighted by molar-refractivity contribution is 5.44. The van der Waals surface area contributed by atoms with Gasteiger partial charge in [0.15, 0.2) is 0 Å². The Hall–Kier alpha value is -2.39. The van der Waals surface area contributed by atoms with E-state index in [9.17, 15) is 13.2 Å². The molecule has 0 aliphatic carbocycles. The maximum atomic E-state index is 13.8. The van der Waals surface area contributed by atoms with Crippen molar-refractivity contribution in [3.63, 3.8) is 0 Å². The second-order valence-corrected chi connectivity index (χ2v) is 5.14. The van der Waals surface area contributed by atoms with Crippen molar-refractivity contribution in [2.45, 2.75) is 18.4 Å². The Bertz CT molecular complexity index is 669. The highest BCUT2D eigenvalue weighted by Gasteiger charge is 2.46. The van der Waals surface area contributed by atoms with E-state index in [0.717, 1.165) is 0 Å². The molecular formula is C14H15F3N4O2. The summed E-state index contributed by atoms with van der Waals surface area (Å²) in [5, 5.41) is 8.73. The van der Waals surface area contributed by atoms with Crippen molar-refractivity contribution in [3.8, 4) is 0 Å². The first-order valence-electron chi connectivity index (χ1n) is 6.60. The Balaban J connectivity index is 0.00000192.